The van der Waals surface area contributed by atoms with E-state index in [-0.39, 0.29) is 18.2 Å². The zero-order valence-electron chi connectivity index (χ0n) is 13.8. The fourth-order valence-electron chi connectivity index (χ4n) is 3.10. The molecule has 25 heavy (non-hydrogen) atoms. The van der Waals surface area contributed by atoms with Crippen LogP contribution >= 0.6 is 0 Å². The second-order valence-corrected chi connectivity index (χ2v) is 8.14. The Bertz CT molecular complexity index is 881. The Balaban J connectivity index is 1.95. The van der Waals surface area contributed by atoms with Crippen LogP contribution in [0.2, 0.25) is 0 Å². The van der Waals surface area contributed by atoms with Crippen LogP contribution in [0.4, 0.5) is 5.69 Å². The van der Waals surface area contributed by atoms with Crippen molar-refractivity contribution in [3.8, 4) is 0 Å². The first kappa shape index (κ1) is 17.4. The van der Waals surface area contributed by atoms with E-state index in [4.69, 9.17) is 0 Å². The van der Waals surface area contributed by atoms with Crippen LogP contribution in [-0.4, -0.2) is 42.6 Å². The molecule has 3 rings (SSSR count). The number of carboxylic acid groups (broad SMARTS) is 1. The van der Waals surface area contributed by atoms with Gasteiger partial charge in [0.05, 0.1) is 11.8 Å². The lowest BCUT2D eigenvalue weighted by Crippen LogP contribution is -2.42. The Morgan fingerprint density at radius 1 is 1.24 bits per heavy atom. The molecule has 1 heterocycles. The lowest BCUT2D eigenvalue weighted by Gasteiger charge is -2.27. The van der Waals surface area contributed by atoms with Crippen molar-refractivity contribution in [1.82, 2.24) is 4.31 Å². The van der Waals surface area contributed by atoms with Gasteiger partial charge in [0.25, 0.3) is 0 Å². The summed E-state index contributed by atoms with van der Waals surface area (Å²) < 4.78 is 26.1. The summed E-state index contributed by atoms with van der Waals surface area (Å²) in [5.74, 6) is -1.03. The van der Waals surface area contributed by atoms with Crippen molar-refractivity contribution in [2.45, 2.75) is 19.0 Å². The Labute approximate surface area is 147 Å². The average Bonchev–Trinajstić information content (AvgIpc) is 2.75. The van der Waals surface area contributed by atoms with E-state index in [1.807, 2.05) is 30.3 Å². The first-order chi connectivity index (χ1) is 11.8. The van der Waals surface area contributed by atoms with Gasteiger partial charge in [-0.1, -0.05) is 30.3 Å². The summed E-state index contributed by atoms with van der Waals surface area (Å²) in [6.45, 7) is 0.612. The van der Waals surface area contributed by atoms with E-state index < -0.39 is 16.0 Å². The molecule has 1 aliphatic heterocycles. The number of nitrogens with one attached hydrogen (secondary N) is 1. The first-order valence-electron chi connectivity index (χ1n) is 7.95. The van der Waals surface area contributed by atoms with Crippen molar-refractivity contribution in [2.75, 3.05) is 18.1 Å². The predicted octanol–water partition coefficient (Wildman–Crippen LogP) is 2.18. The quantitative estimate of drug-likeness (QED) is 0.873. The lowest BCUT2D eigenvalue weighted by molar-refractivity contribution is 0.0696. The summed E-state index contributed by atoms with van der Waals surface area (Å²) in [5, 5.41) is 12.4. The number of carboxylic acids is 1. The van der Waals surface area contributed by atoms with Crippen LogP contribution < -0.4 is 5.32 Å². The van der Waals surface area contributed by atoms with Gasteiger partial charge in [0, 0.05) is 24.8 Å². The summed E-state index contributed by atoms with van der Waals surface area (Å²) >= 11 is 0. The lowest BCUT2D eigenvalue weighted by atomic mass is 10.1. The van der Waals surface area contributed by atoms with Crippen LogP contribution in [0.1, 0.15) is 21.5 Å². The molecule has 2 aromatic carbocycles. The summed E-state index contributed by atoms with van der Waals surface area (Å²) in [6, 6.07) is 14.2. The molecule has 0 saturated heterocycles. The highest BCUT2D eigenvalue weighted by Gasteiger charge is 2.30. The van der Waals surface area contributed by atoms with Crippen molar-refractivity contribution in [3.63, 3.8) is 0 Å². The molecule has 0 aliphatic carbocycles. The molecule has 1 atom stereocenters. The monoisotopic (exact) mass is 360 g/mol. The van der Waals surface area contributed by atoms with Gasteiger partial charge < -0.3 is 10.4 Å². The standard InChI is InChI=1S/C18H20N2O4S/c1-25(23,24)20-12-15-10-14(18(21)22)7-8-17(15)19-11-16(20)9-13-5-3-2-4-6-13/h2-8,10,16,19H,9,11-12H2,1H3,(H,21,22). The summed E-state index contributed by atoms with van der Waals surface area (Å²) in [7, 11) is -3.45. The molecule has 0 saturated carbocycles. The van der Waals surface area contributed by atoms with Crippen molar-refractivity contribution in [2.24, 2.45) is 0 Å². The van der Waals surface area contributed by atoms with Crippen molar-refractivity contribution in [3.05, 3.63) is 65.2 Å². The highest BCUT2D eigenvalue weighted by atomic mass is 32.2. The molecule has 1 unspecified atom stereocenters. The highest BCUT2D eigenvalue weighted by molar-refractivity contribution is 7.88. The molecule has 0 fully saturated rings. The Hall–Kier alpha value is -2.38. The SMILES string of the molecule is CS(=O)(=O)N1Cc2cc(C(=O)O)ccc2NCC1Cc1ccccc1. The average molecular weight is 360 g/mol. The molecule has 0 spiro atoms. The minimum Gasteiger partial charge on any atom is -0.478 e. The van der Waals surface area contributed by atoms with E-state index in [2.05, 4.69) is 5.32 Å². The van der Waals surface area contributed by atoms with Crippen LogP contribution in [0.25, 0.3) is 0 Å². The Morgan fingerprint density at radius 2 is 1.96 bits per heavy atom. The van der Waals surface area contributed by atoms with Gasteiger partial charge in [0.1, 0.15) is 0 Å². The summed E-state index contributed by atoms with van der Waals surface area (Å²) in [4.78, 5) is 11.2. The van der Waals surface area contributed by atoms with Crippen LogP contribution in [0, 0.1) is 0 Å². The number of sulfonamides is 1. The van der Waals surface area contributed by atoms with E-state index in [9.17, 15) is 18.3 Å². The molecule has 2 aromatic rings. The van der Waals surface area contributed by atoms with E-state index in [0.717, 1.165) is 11.3 Å². The second kappa shape index (κ2) is 6.85. The molecule has 0 amide bonds. The van der Waals surface area contributed by atoms with E-state index in [1.165, 1.54) is 22.7 Å². The topological polar surface area (TPSA) is 86.7 Å². The maximum absolute atomic E-state index is 12.4. The number of anilines is 1. The molecule has 7 heteroatoms. The molecule has 6 nitrogen and oxygen atoms in total. The van der Waals surface area contributed by atoms with Crippen LogP contribution in [0.15, 0.2) is 48.5 Å². The van der Waals surface area contributed by atoms with Gasteiger partial charge in [-0.2, -0.15) is 4.31 Å². The third-order valence-corrected chi connectivity index (χ3v) is 5.63. The number of carbonyl (C=O) groups is 1. The minimum absolute atomic E-state index is 0.149. The number of nitrogens with zero attached hydrogens (tertiary/aromatic N) is 1. The molecule has 132 valence electrons. The van der Waals surface area contributed by atoms with Gasteiger partial charge in [-0.15, -0.1) is 0 Å². The fourth-order valence-corrected chi connectivity index (χ4v) is 4.17. The summed E-state index contributed by atoms with van der Waals surface area (Å²) in [5.41, 5.74) is 2.64. The fraction of sp³-hybridized carbons (Fsp3) is 0.278. The normalized spacial score (nSPS) is 18.0. The smallest absolute Gasteiger partial charge is 0.335 e. The summed E-state index contributed by atoms with van der Waals surface area (Å²) in [6.07, 6.45) is 1.78. The number of hydrogen-bond acceptors (Lipinski definition) is 4. The maximum Gasteiger partial charge on any atom is 0.335 e. The molecule has 0 bridgehead atoms. The van der Waals surface area contributed by atoms with Gasteiger partial charge in [0.15, 0.2) is 0 Å². The number of fused-ring (bicyclic) bond motifs is 1. The number of rotatable bonds is 4. The van der Waals surface area contributed by atoms with Crippen LogP contribution in [-0.2, 0) is 23.0 Å². The van der Waals surface area contributed by atoms with Gasteiger partial charge in [-0.3, -0.25) is 0 Å². The second-order valence-electron chi connectivity index (χ2n) is 6.21. The minimum atomic E-state index is -3.45. The number of benzene rings is 2. The number of hydrogen-bond donors (Lipinski definition) is 2. The van der Waals surface area contributed by atoms with Gasteiger partial charge in [0.2, 0.25) is 10.0 Å². The third kappa shape index (κ3) is 4.00. The van der Waals surface area contributed by atoms with E-state index in [0.29, 0.717) is 18.5 Å². The molecule has 1 aliphatic rings. The van der Waals surface area contributed by atoms with E-state index in [1.54, 1.807) is 6.07 Å². The van der Waals surface area contributed by atoms with Gasteiger partial charge in [-0.25, -0.2) is 13.2 Å². The molecular formula is C18H20N2O4S. The zero-order chi connectivity index (χ0) is 18.0. The Kier molecular flexibility index (Phi) is 4.78. The van der Waals surface area contributed by atoms with Crippen LogP contribution in [0.3, 0.4) is 0 Å². The van der Waals surface area contributed by atoms with Gasteiger partial charge >= 0.3 is 5.97 Å². The maximum atomic E-state index is 12.4. The van der Waals surface area contributed by atoms with Crippen molar-refractivity contribution >= 4 is 21.7 Å². The van der Waals surface area contributed by atoms with Crippen molar-refractivity contribution < 1.29 is 18.3 Å². The highest BCUT2D eigenvalue weighted by Crippen LogP contribution is 2.27. The number of aromatic carboxylic acids is 1. The largest absolute Gasteiger partial charge is 0.478 e. The third-order valence-electron chi connectivity index (χ3n) is 4.35. The molecule has 0 radical (unpaired) electrons. The molecular weight excluding hydrogens is 340 g/mol. The van der Waals surface area contributed by atoms with Crippen molar-refractivity contribution in [1.29, 1.82) is 0 Å². The predicted molar refractivity (Wildman–Crippen MR) is 96.2 cm³/mol. The molecule has 2 N–H and O–H groups in total. The Morgan fingerprint density at radius 3 is 2.60 bits per heavy atom. The molecule has 0 aromatic heterocycles. The first-order valence-corrected chi connectivity index (χ1v) is 9.80. The van der Waals surface area contributed by atoms with Crippen LogP contribution in [0.5, 0.6) is 0 Å². The van der Waals surface area contributed by atoms with E-state index >= 15 is 0 Å². The van der Waals surface area contributed by atoms with Gasteiger partial charge in [-0.05, 0) is 35.7 Å². The zero-order valence-corrected chi connectivity index (χ0v) is 14.7.